The number of carbonyl (C=O) groups excluding carboxylic acids is 1. The zero-order valence-electron chi connectivity index (χ0n) is 12.9. The van der Waals surface area contributed by atoms with Crippen LogP contribution in [0.4, 0.5) is 0 Å². The number of carbonyl (C=O) groups is 1. The normalized spacial score (nSPS) is 16.6. The maximum atomic E-state index is 12.3. The van der Waals surface area contributed by atoms with E-state index in [4.69, 9.17) is 23.2 Å². The summed E-state index contributed by atoms with van der Waals surface area (Å²) in [5.41, 5.74) is 0.901. The molecule has 5 nitrogen and oxygen atoms in total. The molecular weight excluding hydrogens is 359 g/mol. The molecule has 0 unspecified atom stereocenters. The summed E-state index contributed by atoms with van der Waals surface area (Å²) in [5, 5.41) is 1.15. The predicted octanol–water partition coefficient (Wildman–Crippen LogP) is 2.47. The molecule has 0 bridgehead atoms. The number of likely N-dealkylation sites (tertiary alicyclic amines) is 1. The molecule has 1 aliphatic rings. The van der Waals surface area contributed by atoms with E-state index in [2.05, 4.69) is 4.72 Å². The highest BCUT2D eigenvalue weighted by Gasteiger charge is 2.24. The number of amides is 1. The third-order valence-corrected chi connectivity index (χ3v) is 5.20. The van der Waals surface area contributed by atoms with Crippen molar-refractivity contribution < 1.29 is 13.2 Å². The average molecular weight is 379 g/mol. The smallest absolute Gasteiger partial charge is 0.222 e. The molecule has 0 aliphatic carbocycles. The maximum absolute atomic E-state index is 12.3. The Morgan fingerprint density at radius 3 is 2.52 bits per heavy atom. The molecule has 2 rings (SSSR count). The molecule has 23 heavy (non-hydrogen) atoms. The number of sulfonamides is 1. The van der Waals surface area contributed by atoms with E-state index in [9.17, 15) is 13.2 Å². The molecule has 0 spiro atoms. The number of benzene rings is 1. The number of nitrogens with one attached hydrogen (secondary N) is 1. The van der Waals surface area contributed by atoms with Gasteiger partial charge in [0, 0.05) is 35.6 Å². The summed E-state index contributed by atoms with van der Waals surface area (Å²) in [7, 11) is -3.19. The highest BCUT2D eigenvalue weighted by molar-refractivity contribution is 7.88. The van der Waals surface area contributed by atoms with Crippen molar-refractivity contribution in [2.75, 3.05) is 19.3 Å². The van der Waals surface area contributed by atoms with E-state index in [1.807, 2.05) is 6.07 Å². The summed E-state index contributed by atoms with van der Waals surface area (Å²) in [6.07, 6.45) is 3.38. The minimum Gasteiger partial charge on any atom is -0.343 e. The van der Waals surface area contributed by atoms with Crippen LogP contribution in [0, 0.1) is 0 Å². The van der Waals surface area contributed by atoms with Crippen LogP contribution in [0.3, 0.4) is 0 Å². The van der Waals surface area contributed by atoms with Gasteiger partial charge in [-0.25, -0.2) is 13.1 Å². The number of aryl methyl sites for hydroxylation is 1. The zero-order chi connectivity index (χ0) is 17.0. The van der Waals surface area contributed by atoms with Gasteiger partial charge >= 0.3 is 0 Å². The first-order chi connectivity index (χ1) is 10.7. The molecule has 1 fully saturated rings. The van der Waals surface area contributed by atoms with Crippen molar-refractivity contribution in [3.8, 4) is 0 Å². The van der Waals surface area contributed by atoms with Crippen molar-refractivity contribution in [1.82, 2.24) is 9.62 Å². The maximum Gasteiger partial charge on any atom is 0.222 e. The first kappa shape index (κ1) is 18.5. The van der Waals surface area contributed by atoms with Gasteiger partial charge in [0.25, 0.3) is 0 Å². The van der Waals surface area contributed by atoms with E-state index in [0.717, 1.165) is 11.8 Å². The van der Waals surface area contributed by atoms with E-state index in [0.29, 0.717) is 48.8 Å². The molecular formula is C15H20Cl2N2O3S. The van der Waals surface area contributed by atoms with Crippen molar-refractivity contribution in [3.05, 3.63) is 33.8 Å². The largest absolute Gasteiger partial charge is 0.343 e. The van der Waals surface area contributed by atoms with Crippen molar-refractivity contribution in [3.63, 3.8) is 0 Å². The van der Waals surface area contributed by atoms with Gasteiger partial charge in [0.05, 0.1) is 6.26 Å². The third kappa shape index (κ3) is 5.95. The molecule has 1 heterocycles. The summed E-state index contributed by atoms with van der Waals surface area (Å²) in [4.78, 5) is 14.0. The molecule has 0 atom stereocenters. The first-order valence-corrected chi connectivity index (χ1v) is 10.1. The third-order valence-electron chi connectivity index (χ3n) is 3.85. The number of hydrogen-bond donors (Lipinski definition) is 1. The Labute approximate surface area is 147 Å². The van der Waals surface area contributed by atoms with Crippen LogP contribution in [0.25, 0.3) is 0 Å². The van der Waals surface area contributed by atoms with Gasteiger partial charge in [0.15, 0.2) is 0 Å². The molecule has 1 amide bonds. The lowest BCUT2D eigenvalue weighted by Gasteiger charge is -2.32. The number of nitrogens with zero attached hydrogens (tertiary/aromatic N) is 1. The molecule has 1 N–H and O–H groups in total. The summed E-state index contributed by atoms with van der Waals surface area (Å²) >= 11 is 12.0. The number of halogens is 2. The van der Waals surface area contributed by atoms with Crippen molar-refractivity contribution in [1.29, 1.82) is 0 Å². The van der Waals surface area contributed by atoms with Crippen LogP contribution in [-0.4, -0.2) is 44.6 Å². The van der Waals surface area contributed by atoms with Crippen LogP contribution in [-0.2, 0) is 21.2 Å². The Hall–Kier alpha value is -0.820. The lowest BCUT2D eigenvalue weighted by atomic mass is 10.0. The van der Waals surface area contributed by atoms with E-state index in [1.54, 1.807) is 17.0 Å². The second kappa shape index (κ2) is 7.83. The molecule has 0 saturated carbocycles. The Balaban J connectivity index is 1.81. The quantitative estimate of drug-likeness (QED) is 0.855. The van der Waals surface area contributed by atoms with E-state index in [1.165, 1.54) is 0 Å². The van der Waals surface area contributed by atoms with Gasteiger partial charge in [-0.05, 0) is 37.0 Å². The van der Waals surface area contributed by atoms with Crippen LogP contribution in [0.15, 0.2) is 18.2 Å². The first-order valence-electron chi connectivity index (χ1n) is 7.43. The van der Waals surface area contributed by atoms with Gasteiger partial charge < -0.3 is 4.90 Å². The lowest BCUT2D eigenvalue weighted by Crippen LogP contribution is -2.46. The van der Waals surface area contributed by atoms with Gasteiger partial charge in [-0.3, -0.25) is 4.79 Å². The molecule has 1 aromatic carbocycles. The van der Waals surface area contributed by atoms with Crippen LogP contribution >= 0.6 is 23.2 Å². The van der Waals surface area contributed by atoms with Gasteiger partial charge in [-0.15, -0.1) is 0 Å². The molecule has 1 aromatic rings. The molecule has 128 valence electrons. The van der Waals surface area contributed by atoms with E-state index in [-0.39, 0.29) is 11.9 Å². The van der Waals surface area contributed by atoms with E-state index >= 15 is 0 Å². The summed E-state index contributed by atoms with van der Waals surface area (Å²) in [5.74, 6) is 0.0637. The van der Waals surface area contributed by atoms with Gasteiger partial charge in [-0.1, -0.05) is 29.3 Å². The second-order valence-electron chi connectivity index (χ2n) is 5.78. The lowest BCUT2D eigenvalue weighted by molar-refractivity contribution is -0.132. The Morgan fingerprint density at radius 2 is 1.96 bits per heavy atom. The standard InChI is InChI=1S/C15H20Cl2N2O3S/c1-23(21,22)18-13-6-8-19(9-7-13)15(20)5-3-11-2-4-12(16)10-14(11)17/h2,4,10,13,18H,3,5-9H2,1H3. The fourth-order valence-corrected chi connectivity index (χ4v) is 4.02. The second-order valence-corrected chi connectivity index (χ2v) is 8.40. The molecule has 8 heteroatoms. The Bertz CT molecular complexity index is 671. The Kier molecular flexibility index (Phi) is 6.31. The summed E-state index contributed by atoms with van der Waals surface area (Å²) in [6, 6.07) is 5.18. The fraction of sp³-hybridized carbons (Fsp3) is 0.533. The van der Waals surface area contributed by atoms with Crippen molar-refractivity contribution in [2.24, 2.45) is 0 Å². The fourth-order valence-electron chi connectivity index (χ4n) is 2.67. The summed E-state index contributed by atoms with van der Waals surface area (Å²) in [6.45, 7) is 1.14. The molecule has 0 radical (unpaired) electrons. The molecule has 1 aliphatic heterocycles. The highest BCUT2D eigenvalue weighted by atomic mass is 35.5. The zero-order valence-corrected chi connectivity index (χ0v) is 15.2. The van der Waals surface area contributed by atoms with Crippen molar-refractivity contribution in [2.45, 2.75) is 31.7 Å². The SMILES string of the molecule is CS(=O)(=O)NC1CCN(C(=O)CCc2ccc(Cl)cc2Cl)CC1. The number of piperidine rings is 1. The van der Waals surface area contributed by atoms with Gasteiger partial charge in [-0.2, -0.15) is 0 Å². The number of hydrogen-bond acceptors (Lipinski definition) is 3. The number of rotatable bonds is 5. The van der Waals surface area contributed by atoms with Gasteiger partial charge in [0.1, 0.15) is 0 Å². The van der Waals surface area contributed by atoms with E-state index < -0.39 is 10.0 Å². The summed E-state index contributed by atoms with van der Waals surface area (Å²) < 4.78 is 25.0. The van der Waals surface area contributed by atoms with Crippen LogP contribution in [0.2, 0.25) is 10.0 Å². The molecule has 0 aromatic heterocycles. The van der Waals surface area contributed by atoms with Crippen LogP contribution in [0.5, 0.6) is 0 Å². The predicted molar refractivity (Wildman–Crippen MR) is 92.4 cm³/mol. The minimum absolute atomic E-state index is 0.0637. The van der Waals surface area contributed by atoms with Crippen LogP contribution in [0.1, 0.15) is 24.8 Å². The monoisotopic (exact) mass is 378 g/mol. The highest BCUT2D eigenvalue weighted by Crippen LogP contribution is 2.22. The molecule has 1 saturated heterocycles. The topological polar surface area (TPSA) is 66.5 Å². The van der Waals surface area contributed by atoms with Crippen LogP contribution < -0.4 is 4.72 Å². The minimum atomic E-state index is -3.19. The van der Waals surface area contributed by atoms with Crippen molar-refractivity contribution >= 4 is 39.1 Å². The average Bonchev–Trinajstić information content (AvgIpc) is 2.45. The Morgan fingerprint density at radius 1 is 1.30 bits per heavy atom. The van der Waals surface area contributed by atoms with Gasteiger partial charge in [0.2, 0.25) is 15.9 Å².